The van der Waals surface area contributed by atoms with Crippen molar-refractivity contribution in [3.05, 3.63) is 46.4 Å². The standard InChI is InChI=1S/C11H13BN2O/c1-8-10(12)11(15)14(13(8)2)9-6-4-3-5-7-9/h3-7H,12H2,1-2H3. The van der Waals surface area contributed by atoms with Crippen molar-refractivity contribution >= 4 is 13.3 Å². The molecule has 0 saturated heterocycles. The Bertz CT molecular complexity index is 540. The molecular formula is C11H13BN2O. The molecule has 2 aromatic rings. The van der Waals surface area contributed by atoms with Gasteiger partial charge in [-0.3, -0.25) is 9.48 Å². The van der Waals surface area contributed by atoms with Crippen LogP contribution in [-0.4, -0.2) is 17.2 Å². The minimum absolute atomic E-state index is 0.0567. The third-order valence-corrected chi connectivity index (χ3v) is 2.84. The van der Waals surface area contributed by atoms with Gasteiger partial charge in [-0.25, -0.2) is 4.68 Å². The molecule has 0 aliphatic carbocycles. The fraction of sp³-hybridized carbons (Fsp3) is 0.182. The summed E-state index contributed by atoms with van der Waals surface area (Å²) in [5.41, 5.74) is 2.77. The molecule has 76 valence electrons. The summed E-state index contributed by atoms with van der Waals surface area (Å²) in [7, 11) is 3.76. The van der Waals surface area contributed by atoms with Crippen molar-refractivity contribution in [1.82, 2.24) is 9.36 Å². The molecule has 0 unspecified atom stereocenters. The van der Waals surface area contributed by atoms with E-state index in [9.17, 15) is 4.79 Å². The van der Waals surface area contributed by atoms with E-state index in [2.05, 4.69) is 0 Å². The second-order valence-corrected chi connectivity index (χ2v) is 3.69. The summed E-state index contributed by atoms with van der Waals surface area (Å²) < 4.78 is 3.57. The van der Waals surface area contributed by atoms with E-state index in [1.54, 1.807) is 4.68 Å². The maximum absolute atomic E-state index is 12.0. The van der Waals surface area contributed by atoms with Gasteiger partial charge in [-0.15, -0.1) is 0 Å². The summed E-state index contributed by atoms with van der Waals surface area (Å²) in [6.45, 7) is 1.95. The fourth-order valence-corrected chi connectivity index (χ4v) is 1.70. The van der Waals surface area contributed by atoms with Crippen LogP contribution in [0, 0.1) is 6.92 Å². The van der Waals surface area contributed by atoms with Crippen LogP contribution in [0.1, 0.15) is 5.69 Å². The van der Waals surface area contributed by atoms with E-state index in [-0.39, 0.29) is 5.56 Å². The van der Waals surface area contributed by atoms with Gasteiger partial charge in [0.15, 0.2) is 0 Å². The second-order valence-electron chi connectivity index (χ2n) is 3.69. The molecule has 0 bridgehead atoms. The van der Waals surface area contributed by atoms with Crippen molar-refractivity contribution in [3.63, 3.8) is 0 Å². The van der Waals surface area contributed by atoms with Gasteiger partial charge >= 0.3 is 0 Å². The number of nitrogens with zero attached hydrogens (tertiary/aromatic N) is 2. The summed E-state index contributed by atoms with van der Waals surface area (Å²) in [6, 6.07) is 9.66. The van der Waals surface area contributed by atoms with E-state index in [0.29, 0.717) is 0 Å². The molecule has 15 heavy (non-hydrogen) atoms. The first kappa shape index (κ1) is 9.83. The molecule has 0 N–H and O–H groups in total. The zero-order valence-corrected chi connectivity index (χ0v) is 9.19. The summed E-state index contributed by atoms with van der Waals surface area (Å²) in [5, 5.41) is 0. The van der Waals surface area contributed by atoms with E-state index in [1.807, 2.05) is 56.8 Å². The topological polar surface area (TPSA) is 26.9 Å². The van der Waals surface area contributed by atoms with Crippen LogP contribution in [0.4, 0.5) is 0 Å². The van der Waals surface area contributed by atoms with E-state index in [1.165, 1.54) is 0 Å². The number of rotatable bonds is 1. The van der Waals surface area contributed by atoms with Crippen LogP contribution in [0.2, 0.25) is 0 Å². The van der Waals surface area contributed by atoms with Gasteiger partial charge in [0.1, 0.15) is 7.85 Å². The van der Waals surface area contributed by atoms with Crippen LogP contribution in [0.5, 0.6) is 0 Å². The Morgan fingerprint density at radius 1 is 1.20 bits per heavy atom. The lowest BCUT2D eigenvalue weighted by atomic mass is 9.97. The molecule has 1 aromatic heterocycles. The molecule has 0 amide bonds. The number of hydrogen-bond donors (Lipinski definition) is 0. The summed E-state index contributed by atoms with van der Waals surface area (Å²) in [6.07, 6.45) is 0. The number of para-hydroxylation sites is 1. The Morgan fingerprint density at radius 3 is 2.27 bits per heavy atom. The van der Waals surface area contributed by atoms with Crippen LogP contribution in [-0.2, 0) is 7.05 Å². The molecule has 3 nitrogen and oxygen atoms in total. The largest absolute Gasteiger partial charge is 0.286 e. The molecule has 4 heteroatoms. The number of aromatic nitrogens is 2. The van der Waals surface area contributed by atoms with Crippen LogP contribution in [0.3, 0.4) is 0 Å². The Hall–Kier alpha value is -1.71. The monoisotopic (exact) mass is 200 g/mol. The van der Waals surface area contributed by atoms with E-state index < -0.39 is 0 Å². The predicted molar refractivity (Wildman–Crippen MR) is 63.9 cm³/mol. The molecular weight excluding hydrogens is 187 g/mol. The maximum Gasteiger partial charge on any atom is 0.265 e. The van der Waals surface area contributed by atoms with Crippen LogP contribution in [0.25, 0.3) is 5.69 Å². The van der Waals surface area contributed by atoms with Gasteiger partial charge in [0.05, 0.1) is 5.69 Å². The summed E-state index contributed by atoms with van der Waals surface area (Å²) in [5.74, 6) is 0. The Morgan fingerprint density at radius 2 is 1.80 bits per heavy atom. The second kappa shape index (κ2) is 3.46. The average Bonchev–Trinajstić information content (AvgIpc) is 2.45. The lowest BCUT2D eigenvalue weighted by molar-refractivity contribution is 0.630. The predicted octanol–water partition coefficient (Wildman–Crippen LogP) is -0.257. The van der Waals surface area contributed by atoms with Crippen LogP contribution < -0.4 is 11.0 Å². The average molecular weight is 200 g/mol. The van der Waals surface area contributed by atoms with Gasteiger partial charge in [0, 0.05) is 12.7 Å². The summed E-state index contributed by atoms with van der Waals surface area (Å²) in [4.78, 5) is 12.0. The van der Waals surface area contributed by atoms with Crippen molar-refractivity contribution in [3.8, 4) is 5.69 Å². The van der Waals surface area contributed by atoms with Gasteiger partial charge in [0.2, 0.25) is 0 Å². The molecule has 0 radical (unpaired) electrons. The molecule has 0 aliphatic rings. The van der Waals surface area contributed by atoms with Gasteiger partial charge in [-0.2, -0.15) is 0 Å². The maximum atomic E-state index is 12.0. The molecule has 1 aromatic carbocycles. The van der Waals surface area contributed by atoms with Crippen molar-refractivity contribution in [2.24, 2.45) is 7.05 Å². The first-order chi connectivity index (χ1) is 7.13. The minimum Gasteiger partial charge on any atom is -0.286 e. The van der Waals surface area contributed by atoms with Gasteiger partial charge in [-0.05, 0) is 24.5 Å². The molecule has 2 rings (SSSR count). The van der Waals surface area contributed by atoms with Crippen molar-refractivity contribution < 1.29 is 0 Å². The Balaban J connectivity index is 2.75. The highest BCUT2D eigenvalue weighted by atomic mass is 16.1. The van der Waals surface area contributed by atoms with Crippen LogP contribution >= 0.6 is 0 Å². The minimum atomic E-state index is 0.0567. The van der Waals surface area contributed by atoms with E-state index >= 15 is 0 Å². The highest BCUT2D eigenvalue weighted by molar-refractivity contribution is 6.32. The van der Waals surface area contributed by atoms with Crippen molar-refractivity contribution in [1.29, 1.82) is 0 Å². The number of hydrogen-bond acceptors (Lipinski definition) is 1. The third-order valence-electron chi connectivity index (χ3n) is 2.84. The lowest BCUT2D eigenvalue weighted by Gasteiger charge is -2.07. The zero-order valence-electron chi connectivity index (χ0n) is 9.19. The van der Waals surface area contributed by atoms with Crippen molar-refractivity contribution in [2.45, 2.75) is 6.92 Å². The number of benzene rings is 1. The van der Waals surface area contributed by atoms with Gasteiger partial charge in [0.25, 0.3) is 5.56 Å². The highest BCUT2D eigenvalue weighted by Crippen LogP contribution is 2.04. The normalized spacial score (nSPS) is 10.5. The third kappa shape index (κ3) is 1.42. The summed E-state index contributed by atoms with van der Waals surface area (Å²) >= 11 is 0. The smallest absolute Gasteiger partial charge is 0.265 e. The van der Waals surface area contributed by atoms with E-state index in [0.717, 1.165) is 16.8 Å². The molecule has 0 fully saturated rings. The first-order valence-electron chi connectivity index (χ1n) is 4.93. The first-order valence-corrected chi connectivity index (χ1v) is 4.93. The van der Waals surface area contributed by atoms with Gasteiger partial charge < -0.3 is 0 Å². The van der Waals surface area contributed by atoms with E-state index in [4.69, 9.17) is 0 Å². The molecule has 0 saturated carbocycles. The SMILES string of the molecule is Bc1c(C)n(C)n(-c2ccccc2)c1=O. The van der Waals surface area contributed by atoms with Gasteiger partial charge in [-0.1, -0.05) is 18.2 Å². The lowest BCUT2D eigenvalue weighted by Crippen LogP contribution is -2.28. The molecule has 1 heterocycles. The Kier molecular flexibility index (Phi) is 2.27. The molecule has 0 spiro atoms. The molecule has 0 aliphatic heterocycles. The fourth-order valence-electron chi connectivity index (χ4n) is 1.70. The Labute approximate surface area is 89.3 Å². The molecule has 0 atom stereocenters. The van der Waals surface area contributed by atoms with Crippen molar-refractivity contribution in [2.75, 3.05) is 0 Å². The zero-order chi connectivity index (χ0) is 11.0. The quantitative estimate of drug-likeness (QED) is 0.583. The highest BCUT2D eigenvalue weighted by Gasteiger charge is 2.10. The van der Waals surface area contributed by atoms with Crippen LogP contribution in [0.15, 0.2) is 35.1 Å².